The van der Waals surface area contributed by atoms with Gasteiger partial charge in [0.25, 0.3) is 5.69 Å². The normalized spacial score (nSPS) is 24.1. The van der Waals surface area contributed by atoms with E-state index in [4.69, 9.17) is 4.74 Å². The molecule has 8 nitrogen and oxygen atoms in total. The molecule has 0 aromatic heterocycles. The molecule has 0 bridgehead atoms. The minimum Gasteiger partial charge on any atom is -0.425 e. The Hall–Kier alpha value is -4.59. The second-order valence-electron chi connectivity index (χ2n) is 9.75. The Bertz CT molecular complexity index is 1540. The van der Waals surface area contributed by atoms with Crippen LogP contribution in [0.2, 0.25) is 0 Å². The van der Waals surface area contributed by atoms with E-state index >= 15 is 0 Å². The third-order valence-electron chi connectivity index (χ3n) is 7.58. The maximum Gasteiger partial charge on any atom is 0.319 e. The number of carbonyl (C=O) groups is 3. The van der Waals surface area contributed by atoms with Gasteiger partial charge in [-0.15, -0.1) is 0 Å². The molecular weight excluding hydrogens is 472 g/mol. The Kier molecular flexibility index (Phi) is 5.08. The van der Waals surface area contributed by atoms with Crippen LogP contribution in [0.1, 0.15) is 28.2 Å². The van der Waals surface area contributed by atoms with Crippen LogP contribution in [0.25, 0.3) is 5.57 Å². The highest BCUT2D eigenvalue weighted by Crippen LogP contribution is 2.55. The molecule has 3 aliphatic rings. The zero-order valence-corrected chi connectivity index (χ0v) is 20.1. The smallest absolute Gasteiger partial charge is 0.319 e. The minimum absolute atomic E-state index is 0.159. The summed E-state index contributed by atoms with van der Waals surface area (Å²) in [5, 5.41) is 11.4. The van der Waals surface area contributed by atoms with Gasteiger partial charge in [-0.3, -0.25) is 24.5 Å². The standard InChI is InChI=1S/C29H22N2O6/c1-15-8-11-19-21-14-20(17-6-4-3-5-7-17)24-26(25(21)29(34)37-23(19)12-15)28(33)30(27(24)32)22-13-18(31(35)36)10-9-16(22)2/h3-14,20,24-26H,1-2H3/t20-,24-,25-,26-/m1/s1. The molecule has 2 heterocycles. The fourth-order valence-corrected chi connectivity index (χ4v) is 5.86. The fraction of sp³-hybridized carbons (Fsp3) is 0.207. The summed E-state index contributed by atoms with van der Waals surface area (Å²) >= 11 is 0. The molecule has 0 radical (unpaired) electrons. The molecule has 3 aromatic rings. The van der Waals surface area contributed by atoms with E-state index in [2.05, 4.69) is 0 Å². The second kappa shape index (κ2) is 8.23. The van der Waals surface area contributed by atoms with Gasteiger partial charge in [-0.2, -0.15) is 0 Å². The molecule has 1 fully saturated rings. The molecule has 6 rings (SSSR count). The van der Waals surface area contributed by atoms with Crippen LogP contribution < -0.4 is 9.64 Å². The molecule has 3 aromatic carbocycles. The van der Waals surface area contributed by atoms with Crippen LogP contribution in [0, 0.1) is 41.7 Å². The van der Waals surface area contributed by atoms with E-state index in [-0.39, 0.29) is 11.4 Å². The second-order valence-corrected chi connectivity index (χ2v) is 9.75. The maximum atomic E-state index is 14.0. The van der Waals surface area contributed by atoms with Gasteiger partial charge in [0.05, 0.1) is 28.4 Å². The Labute approximate surface area is 212 Å². The SMILES string of the molecule is Cc1ccc2c(c1)OC(=O)[C@@H]1C2=C[C@H](c2ccccc2)[C@H]2C(=O)N(c3cc([N+](=O)[O-])ccc3C)C(=O)[C@@H]12. The number of anilines is 1. The number of benzene rings is 3. The predicted molar refractivity (Wildman–Crippen MR) is 135 cm³/mol. The molecule has 0 spiro atoms. The largest absolute Gasteiger partial charge is 0.425 e. The van der Waals surface area contributed by atoms with Crippen LogP contribution in [0.4, 0.5) is 11.4 Å². The number of fused-ring (bicyclic) bond motifs is 5. The lowest BCUT2D eigenvalue weighted by atomic mass is 9.64. The number of carbonyl (C=O) groups excluding carboxylic acids is 3. The number of hydrogen-bond acceptors (Lipinski definition) is 6. The number of imide groups is 1. The first-order valence-corrected chi connectivity index (χ1v) is 12.0. The molecule has 4 atom stereocenters. The average Bonchev–Trinajstić information content (AvgIpc) is 3.14. The van der Waals surface area contributed by atoms with Crippen molar-refractivity contribution in [2.24, 2.45) is 17.8 Å². The van der Waals surface area contributed by atoms with Gasteiger partial charge in [0.15, 0.2) is 0 Å². The average molecular weight is 495 g/mol. The number of esters is 1. The van der Waals surface area contributed by atoms with Crippen molar-refractivity contribution in [3.63, 3.8) is 0 Å². The highest BCUT2D eigenvalue weighted by Gasteiger charge is 2.60. The van der Waals surface area contributed by atoms with Crippen molar-refractivity contribution in [2.75, 3.05) is 4.90 Å². The molecule has 37 heavy (non-hydrogen) atoms. The molecule has 1 saturated heterocycles. The summed E-state index contributed by atoms with van der Waals surface area (Å²) in [5.74, 6) is -4.47. The number of nitro groups is 1. The van der Waals surface area contributed by atoms with Gasteiger partial charge in [0.1, 0.15) is 5.75 Å². The molecule has 0 unspecified atom stereocenters. The summed E-state index contributed by atoms with van der Waals surface area (Å²) < 4.78 is 5.68. The number of hydrogen-bond donors (Lipinski definition) is 0. The van der Waals surface area contributed by atoms with E-state index in [0.29, 0.717) is 16.9 Å². The van der Waals surface area contributed by atoms with Gasteiger partial charge in [0.2, 0.25) is 11.8 Å². The van der Waals surface area contributed by atoms with Crippen LogP contribution in [0.15, 0.2) is 72.8 Å². The number of allylic oxidation sites excluding steroid dienone is 1. The Balaban J connectivity index is 1.55. The molecule has 184 valence electrons. The molecule has 1 aliphatic carbocycles. The van der Waals surface area contributed by atoms with E-state index in [0.717, 1.165) is 21.6 Å². The van der Waals surface area contributed by atoms with Crippen LogP contribution >= 0.6 is 0 Å². The molecular formula is C29H22N2O6. The third kappa shape index (κ3) is 3.40. The van der Waals surface area contributed by atoms with Crippen molar-refractivity contribution in [3.8, 4) is 5.75 Å². The summed E-state index contributed by atoms with van der Waals surface area (Å²) in [6.45, 7) is 3.59. The lowest BCUT2D eigenvalue weighted by Gasteiger charge is -2.38. The van der Waals surface area contributed by atoms with Gasteiger partial charge < -0.3 is 4.74 Å². The number of ether oxygens (including phenoxy) is 1. The zero-order chi connectivity index (χ0) is 26.0. The number of nitrogens with zero attached hydrogens (tertiary/aromatic N) is 2. The van der Waals surface area contributed by atoms with Gasteiger partial charge in [0, 0.05) is 23.6 Å². The summed E-state index contributed by atoms with van der Waals surface area (Å²) in [6.07, 6.45) is 1.92. The fourth-order valence-electron chi connectivity index (χ4n) is 5.86. The third-order valence-corrected chi connectivity index (χ3v) is 7.58. The first kappa shape index (κ1) is 22.8. The maximum absolute atomic E-state index is 14.0. The first-order chi connectivity index (χ1) is 17.8. The topological polar surface area (TPSA) is 107 Å². The number of nitro benzene ring substituents is 1. The summed E-state index contributed by atoms with van der Waals surface area (Å²) in [4.78, 5) is 53.3. The van der Waals surface area contributed by atoms with Crippen LogP contribution in [-0.2, 0) is 14.4 Å². The van der Waals surface area contributed by atoms with Crippen molar-refractivity contribution in [3.05, 3.63) is 105 Å². The summed E-state index contributed by atoms with van der Waals surface area (Å²) in [7, 11) is 0. The summed E-state index contributed by atoms with van der Waals surface area (Å²) in [5.41, 5.74) is 3.64. The number of non-ortho nitro benzene ring substituents is 1. The Morgan fingerprint density at radius 1 is 0.892 bits per heavy atom. The van der Waals surface area contributed by atoms with Crippen LogP contribution in [-0.4, -0.2) is 22.7 Å². The highest BCUT2D eigenvalue weighted by atomic mass is 16.6. The Morgan fingerprint density at radius 2 is 1.62 bits per heavy atom. The molecule has 8 heteroatoms. The number of amides is 2. The van der Waals surface area contributed by atoms with E-state index in [1.54, 1.807) is 13.0 Å². The van der Waals surface area contributed by atoms with E-state index in [1.807, 2.05) is 55.5 Å². The Morgan fingerprint density at radius 3 is 2.35 bits per heavy atom. The molecule has 0 saturated carbocycles. The van der Waals surface area contributed by atoms with Crippen molar-refractivity contribution < 1.29 is 24.0 Å². The first-order valence-electron chi connectivity index (χ1n) is 12.0. The van der Waals surface area contributed by atoms with Crippen LogP contribution in [0.5, 0.6) is 5.75 Å². The van der Waals surface area contributed by atoms with Gasteiger partial charge >= 0.3 is 5.97 Å². The van der Waals surface area contributed by atoms with Gasteiger partial charge in [-0.1, -0.05) is 54.6 Å². The van der Waals surface area contributed by atoms with E-state index < -0.39 is 46.4 Å². The zero-order valence-electron chi connectivity index (χ0n) is 20.1. The lowest BCUT2D eigenvalue weighted by Crippen LogP contribution is -2.42. The van der Waals surface area contributed by atoms with Crippen molar-refractivity contribution in [2.45, 2.75) is 19.8 Å². The van der Waals surface area contributed by atoms with Gasteiger partial charge in [-0.25, -0.2) is 4.90 Å². The lowest BCUT2D eigenvalue weighted by molar-refractivity contribution is -0.384. The quantitative estimate of drug-likeness (QED) is 0.171. The molecule has 2 aliphatic heterocycles. The van der Waals surface area contributed by atoms with Crippen LogP contribution in [0.3, 0.4) is 0 Å². The monoisotopic (exact) mass is 494 g/mol. The number of aryl methyl sites for hydroxylation is 2. The highest BCUT2D eigenvalue weighted by molar-refractivity contribution is 6.25. The van der Waals surface area contributed by atoms with E-state index in [9.17, 15) is 24.5 Å². The van der Waals surface area contributed by atoms with E-state index in [1.165, 1.54) is 18.2 Å². The molecule has 0 N–H and O–H groups in total. The predicted octanol–water partition coefficient (Wildman–Crippen LogP) is 4.73. The number of rotatable bonds is 3. The van der Waals surface area contributed by atoms with Gasteiger partial charge in [-0.05, 0) is 42.2 Å². The molecule has 2 amide bonds. The summed E-state index contributed by atoms with van der Waals surface area (Å²) in [6, 6.07) is 19.1. The van der Waals surface area contributed by atoms with Crippen molar-refractivity contribution in [1.29, 1.82) is 0 Å². The minimum atomic E-state index is -1.00. The van der Waals surface area contributed by atoms with Crippen molar-refractivity contribution >= 4 is 34.7 Å². The van der Waals surface area contributed by atoms with Crippen molar-refractivity contribution in [1.82, 2.24) is 0 Å².